The maximum atomic E-state index is 13.1. The molecule has 1 aliphatic carbocycles. The summed E-state index contributed by atoms with van der Waals surface area (Å²) in [5, 5.41) is 3.70. The van der Waals surface area contributed by atoms with Crippen LogP contribution in [0.15, 0.2) is 22.7 Å². The van der Waals surface area contributed by atoms with Crippen molar-refractivity contribution in [3.63, 3.8) is 0 Å². The fourth-order valence-electron chi connectivity index (χ4n) is 2.95. The summed E-state index contributed by atoms with van der Waals surface area (Å²) < 4.78 is 14.0. The molecular weight excluding hydrogens is 305 g/mol. The lowest BCUT2D eigenvalue weighted by molar-refractivity contribution is 0.407. The molecule has 0 aromatic heterocycles. The molecule has 1 saturated carbocycles. The highest BCUT2D eigenvalue weighted by Crippen LogP contribution is 2.27. The Kier molecular flexibility index (Phi) is 5.40. The Bertz CT molecular complexity index is 421. The van der Waals surface area contributed by atoms with Gasteiger partial charge in [0.15, 0.2) is 0 Å². The van der Waals surface area contributed by atoms with Crippen molar-refractivity contribution in [3.05, 3.63) is 34.1 Å². The Morgan fingerprint density at radius 1 is 1.26 bits per heavy atom. The zero-order chi connectivity index (χ0) is 13.8. The maximum Gasteiger partial charge on any atom is 0.124 e. The first-order valence-corrected chi connectivity index (χ1v) is 8.06. The fraction of sp³-hybridized carbons (Fsp3) is 0.625. The average Bonchev–Trinajstić information content (AvgIpc) is 2.54. The standard InChI is InChI=1S/C16H23BrFN/c1-11-4-3-5-14(8-6-11)19-12(2)15-9-7-13(18)10-16(15)17/h7,9-12,14,19H,3-6,8H2,1-2H3. The van der Waals surface area contributed by atoms with E-state index in [1.165, 1.54) is 38.2 Å². The van der Waals surface area contributed by atoms with Crippen LogP contribution in [0.1, 0.15) is 57.6 Å². The van der Waals surface area contributed by atoms with Gasteiger partial charge < -0.3 is 5.32 Å². The molecule has 1 aromatic carbocycles. The van der Waals surface area contributed by atoms with Crippen molar-refractivity contribution in [1.82, 2.24) is 5.32 Å². The molecule has 1 aromatic rings. The average molecular weight is 328 g/mol. The van der Waals surface area contributed by atoms with E-state index in [2.05, 4.69) is 35.1 Å². The van der Waals surface area contributed by atoms with Crippen LogP contribution < -0.4 is 5.32 Å². The molecule has 0 aliphatic heterocycles. The molecule has 3 atom stereocenters. The highest BCUT2D eigenvalue weighted by atomic mass is 79.9. The molecule has 1 aliphatic rings. The normalized spacial score (nSPS) is 25.9. The molecule has 2 rings (SSSR count). The summed E-state index contributed by atoms with van der Waals surface area (Å²) in [7, 11) is 0. The van der Waals surface area contributed by atoms with Crippen molar-refractivity contribution in [2.75, 3.05) is 0 Å². The number of hydrogen-bond donors (Lipinski definition) is 1. The van der Waals surface area contributed by atoms with Gasteiger partial charge in [0.2, 0.25) is 0 Å². The Hall–Kier alpha value is -0.410. The minimum atomic E-state index is -0.189. The number of benzene rings is 1. The summed E-state index contributed by atoms with van der Waals surface area (Å²) in [6.07, 6.45) is 6.50. The van der Waals surface area contributed by atoms with Gasteiger partial charge in [0.05, 0.1) is 0 Å². The molecule has 3 unspecified atom stereocenters. The second-order valence-electron chi connectivity index (χ2n) is 5.86. The zero-order valence-corrected chi connectivity index (χ0v) is 13.3. The lowest BCUT2D eigenvalue weighted by Crippen LogP contribution is -2.31. The summed E-state index contributed by atoms with van der Waals surface area (Å²) >= 11 is 3.46. The quantitative estimate of drug-likeness (QED) is 0.751. The summed E-state index contributed by atoms with van der Waals surface area (Å²) in [5.41, 5.74) is 1.14. The van der Waals surface area contributed by atoms with Crippen LogP contribution >= 0.6 is 15.9 Å². The fourth-order valence-corrected chi connectivity index (χ4v) is 3.64. The Morgan fingerprint density at radius 3 is 2.79 bits per heavy atom. The van der Waals surface area contributed by atoms with E-state index in [0.29, 0.717) is 6.04 Å². The maximum absolute atomic E-state index is 13.1. The topological polar surface area (TPSA) is 12.0 Å². The van der Waals surface area contributed by atoms with E-state index in [-0.39, 0.29) is 11.9 Å². The first kappa shape index (κ1) is 15.0. The highest BCUT2D eigenvalue weighted by Gasteiger charge is 2.19. The van der Waals surface area contributed by atoms with Crippen LogP contribution in [-0.4, -0.2) is 6.04 Å². The van der Waals surface area contributed by atoms with Crippen molar-refractivity contribution >= 4 is 15.9 Å². The second kappa shape index (κ2) is 6.85. The van der Waals surface area contributed by atoms with E-state index < -0.39 is 0 Å². The van der Waals surface area contributed by atoms with Crippen LogP contribution in [0, 0.1) is 11.7 Å². The molecule has 1 N–H and O–H groups in total. The van der Waals surface area contributed by atoms with Gasteiger partial charge in [-0.05, 0) is 49.8 Å². The van der Waals surface area contributed by atoms with Crippen LogP contribution in [0.5, 0.6) is 0 Å². The molecule has 0 radical (unpaired) electrons. The van der Waals surface area contributed by atoms with Crippen molar-refractivity contribution in [3.8, 4) is 0 Å². The molecule has 1 fully saturated rings. The number of halogens is 2. The lowest BCUT2D eigenvalue weighted by Gasteiger charge is -2.23. The SMILES string of the molecule is CC1CCCC(NC(C)c2ccc(F)cc2Br)CC1. The molecule has 3 heteroatoms. The number of hydrogen-bond acceptors (Lipinski definition) is 1. The van der Waals surface area contributed by atoms with Gasteiger partial charge in [0, 0.05) is 16.6 Å². The third-order valence-electron chi connectivity index (χ3n) is 4.17. The number of rotatable bonds is 3. The highest BCUT2D eigenvalue weighted by molar-refractivity contribution is 9.10. The molecule has 0 bridgehead atoms. The largest absolute Gasteiger partial charge is 0.307 e. The lowest BCUT2D eigenvalue weighted by atomic mass is 10.0. The number of nitrogens with one attached hydrogen (secondary N) is 1. The van der Waals surface area contributed by atoms with Gasteiger partial charge in [0.25, 0.3) is 0 Å². The third kappa shape index (κ3) is 4.28. The molecule has 0 saturated heterocycles. The van der Waals surface area contributed by atoms with Gasteiger partial charge in [-0.2, -0.15) is 0 Å². The van der Waals surface area contributed by atoms with Gasteiger partial charge in [-0.1, -0.05) is 41.8 Å². The van der Waals surface area contributed by atoms with Crippen LogP contribution in [0.4, 0.5) is 4.39 Å². The molecule has 0 amide bonds. The first-order chi connectivity index (χ1) is 9.06. The van der Waals surface area contributed by atoms with Crippen LogP contribution in [-0.2, 0) is 0 Å². The zero-order valence-electron chi connectivity index (χ0n) is 11.8. The van der Waals surface area contributed by atoms with Crippen LogP contribution in [0.3, 0.4) is 0 Å². The molecule has 106 valence electrons. The Labute approximate surface area is 124 Å². The predicted molar refractivity (Wildman–Crippen MR) is 81.7 cm³/mol. The van der Waals surface area contributed by atoms with Crippen molar-refractivity contribution < 1.29 is 4.39 Å². The first-order valence-electron chi connectivity index (χ1n) is 7.27. The molecule has 0 heterocycles. The molecule has 1 nitrogen and oxygen atoms in total. The van der Waals surface area contributed by atoms with Gasteiger partial charge in [-0.25, -0.2) is 4.39 Å². The molecule has 19 heavy (non-hydrogen) atoms. The van der Waals surface area contributed by atoms with Gasteiger partial charge in [-0.3, -0.25) is 0 Å². The Balaban J connectivity index is 1.98. The van der Waals surface area contributed by atoms with Gasteiger partial charge in [-0.15, -0.1) is 0 Å². The smallest absolute Gasteiger partial charge is 0.124 e. The molecular formula is C16H23BrFN. The van der Waals surface area contributed by atoms with Crippen molar-refractivity contribution in [1.29, 1.82) is 0 Å². The van der Waals surface area contributed by atoms with Crippen LogP contribution in [0.25, 0.3) is 0 Å². The van der Waals surface area contributed by atoms with E-state index in [0.717, 1.165) is 16.0 Å². The third-order valence-corrected chi connectivity index (χ3v) is 4.86. The van der Waals surface area contributed by atoms with Gasteiger partial charge >= 0.3 is 0 Å². The minimum Gasteiger partial charge on any atom is -0.307 e. The van der Waals surface area contributed by atoms with Crippen molar-refractivity contribution in [2.24, 2.45) is 5.92 Å². The Morgan fingerprint density at radius 2 is 2.05 bits per heavy atom. The summed E-state index contributed by atoms with van der Waals surface area (Å²) in [6, 6.07) is 5.80. The summed E-state index contributed by atoms with van der Waals surface area (Å²) in [6.45, 7) is 4.51. The summed E-state index contributed by atoms with van der Waals surface area (Å²) in [4.78, 5) is 0. The van der Waals surface area contributed by atoms with E-state index in [9.17, 15) is 4.39 Å². The van der Waals surface area contributed by atoms with Gasteiger partial charge in [0.1, 0.15) is 5.82 Å². The second-order valence-corrected chi connectivity index (χ2v) is 6.72. The monoisotopic (exact) mass is 327 g/mol. The summed E-state index contributed by atoms with van der Waals surface area (Å²) in [5.74, 6) is 0.672. The molecule has 0 spiro atoms. The minimum absolute atomic E-state index is 0.189. The van der Waals surface area contributed by atoms with E-state index in [1.807, 2.05) is 6.07 Å². The van der Waals surface area contributed by atoms with E-state index >= 15 is 0 Å². The van der Waals surface area contributed by atoms with Crippen molar-refractivity contribution in [2.45, 2.75) is 58.0 Å². The van der Waals surface area contributed by atoms with Crippen LogP contribution in [0.2, 0.25) is 0 Å². The van der Waals surface area contributed by atoms with E-state index in [1.54, 1.807) is 6.07 Å². The van der Waals surface area contributed by atoms with E-state index in [4.69, 9.17) is 0 Å². The predicted octanol–water partition coefficient (Wildman–Crippen LogP) is 5.21.